The summed E-state index contributed by atoms with van der Waals surface area (Å²) < 4.78 is 40.0. The van der Waals surface area contributed by atoms with Gasteiger partial charge in [0.2, 0.25) is 16.9 Å². The van der Waals surface area contributed by atoms with Crippen LogP contribution in [0.15, 0.2) is 33.5 Å². The molecule has 1 fully saturated rings. The Bertz CT molecular complexity index is 1320. The first kappa shape index (κ1) is 29.4. The summed E-state index contributed by atoms with van der Waals surface area (Å²) in [6, 6.07) is 7.36. The van der Waals surface area contributed by atoms with E-state index in [2.05, 4.69) is 17.3 Å². The summed E-state index contributed by atoms with van der Waals surface area (Å²) in [7, 11) is 9.82. The van der Waals surface area contributed by atoms with Crippen molar-refractivity contribution in [1.82, 2.24) is 10.2 Å². The van der Waals surface area contributed by atoms with Crippen molar-refractivity contribution in [1.29, 1.82) is 0 Å². The summed E-state index contributed by atoms with van der Waals surface area (Å²) >= 11 is 0. The zero-order valence-corrected chi connectivity index (χ0v) is 24.3. The van der Waals surface area contributed by atoms with Crippen LogP contribution < -0.4 is 39.2 Å². The van der Waals surface area contributed by atoms with Gasteiger partial charge in [-0.15, -0.1) is 0 Å². The van der Waals surface area contributed by atoms with Crippen LogP contribution in [0.3, 0.4) is 0 Å². The molecule has 10 nitrogen and oxygen atoms in total. The van der Waals surface area contributed by atoms with Crippen molar-refractivity contribution in [2.45, 2.75) is 31.7 Å². The number of nitrogens with one attached hydrogen (secondary N) is 1. The van der Waals surface area contributed by atoms with Crippen molar-refractivity contribution in [3.05, 3.63) is 34.5 Å². The van der Waals surface area contributed by atoms with Crippen LogP contribution in [-0.4, -0.2) is 79.8 Å². The van der Waals surface area contributed by atoms with Gasteiger partial charge in [0.05, 0.1) is 42.2 Å². The molecule has 40 heavy (non-hydrogen) atoms. The lowest BCUT2D eigenvalue weighted by Gasteiger charge is -2.31. The Morgan fingerprint density at radius 3 is 2.12 bits per heavy atom. The molecule has 0 atom stereocenters. The van der Waals surface area contributed by atoms with Gasteiger partial charge in [-0.2, -0.15) is 0 Å². The number of benzene rings is 2. The second-order valence-corrected chi connectivity index (χ2v) is 9.72. The van der Waals surface area contributed by atoms with Crippen LogP contribution in [0.4, 0.5) is 0 Å². The largest absolute Gasteiger partial charge is 0.496 e. The summed E-state index contributed by atoms with van der Waals surface area (Å²) in [5.74, 6) is 2.46. The number of unbranched alkanes of at least 4 members (excludes halogenated alkanes) is 1. The van der Waals surface area contributed by atoms with Crippen molar-refractivity contribution >= 4 is 11.0 Å². The van der Waals surface area contributed by atoms with Crippen LogP contribution in [0.25, 0.3) is 22.3 Å². The van der Waals surface area contributed by atoms with E-state index in [9.17, 15) is 4.79 Å². The molecule has 0 bridgehead atoms. The van der Waals surface area contributed by atoms with Crippen molar-refractivity contribution in [3.63, 3.8) is 0 Å². The number of hydrogen-bond acceptors (Lipinski definition) is 10. The zero-order valence-electron chi connectivity index (χ0n) is 24.3. The Morgan fingerprint density at radius 2 is 1.52 bits per heavy atom. The molecule has 10 heteroatoms. The molecule has 1 aliphatic rings. The van der Waals surface area contributed by atoms with E-state index in [-0.39, 0.29) is 22.3 Å². The SMILES string of the molecule is COc1cc(OC)c2c(=O)c(OCCCCN(C)C3CCNCC3)c(-c3cc(OC)c(OC)c(OC)c3)oc2c1. The molecule has 0 radical (unpaired) electrons. The first-order valence-electron chi connectivity index (χ1n) is 13.5. The van der Waals surface area contributed by atoms with Gasteiger partial charge in [-0.3, -0.25) is 4.79 Å². The molecule has 0 unspecified atom stereocenters. The Morgan fingerprint density at radius 1 is 0.850 bits per heavy atom. The van der Waals surface area contributed by atoms with Crippen LogP contribution in [0.2, 0.25) is 0 Å². The number of hydrogen-bond donors (Lipinski definition) is 1. The van der Waals surface area contributed by atoms with Gasteiger partial charge < -0.3 is 43.1 Å². The molecule has 2 heterocycles. The van der Waals surface area contributed by atoms with E-state index in [1.807, 2.05) is 0 Å². The van der Waals surface area contributed by atoms with Crippen LogP contribution in [0.5, 0.6) is 34.5 Å². The van der Waals surface area contributed by atoms with E-state index >= 15 is 0 Å². The second kappa shape index (κ2) is 13.6. The highest BCUT2D eigenvalue weighted by Crippen LogP contribution is 2.44. The number of rotatable bonds is 13. The van der Waals surface area contributed by atoms with Gasteiger partial charge in [0, 0.05) is 23.7 Å². The molecule has 4 rings (SSSR count). The Labute approximate surface area is 235 Å². The first-order valence-corrected chi connectivity index (χ1v) is 13.5. The van der Waals surface area contributed by atoms with Gasteiger partial charge in [0.15, 0.2) is 17.3 Å². The predicted octanol–water partition coefficient (Wildman–Crippen LogP) is 4.35. The summed E-state index contributed by atoms with van der Waals surface area (Å²) in [5, 5.41) is 3.69. The fourth-order valence-corrected chi connectivity index (χ4v) is 5.12. The summed E-state index contributed by atoms with van der Waals surface area (Å²) in [6.45, 7) is 3.45. The topological polar surface area (TPSA) is 101 Å². The normalized spacial score (nSPS) is 13.9. The third-order valence-electron chi connectivity index (χ3n) is 7.36. The van der Waals surface area contributed by atoms with Gasteiger partial charge in [-0.1, -0.05) is 0 Å². The molecule has 1 N–H and O–H groups in total. The van der Waals surface area contributed by atoms with Crippen molar-refractivity contribution in [3.8, 4) is 45.8 Å². The highest BCUT2D eigenvalue weighted by atomic mass is 16.5. The fraction of sp³-hybridized carbons (Fsp3) is 0.500. The van der Waals surface area contributed by atoms with Gasteiger partial charge in [0.25, 0.3) is 0 Å². The van der Waals surface area contributed by atoms with Crippen molar-refractivity contribution in [2.24, 2.45) is 0 Å². The molecular weight excluding hydrogens is 516 g/mol. The number of ether oxygens (including phenoxy) is 6. The van der Waals surface area contributed by atoms with Crippen molar-refractivity contribution < 1.29 is 32.8 Å². The molecule has 1 saturated heterocycles. The number of fused-ring (bicyclic) bond motifs is 1. The third kappa shape index (κ3) is 6.23. The maximum atomic E-state index is 13.9. The van der Waals surface area contributed by atoms with E-state index in [0.29, 0.717) is 52.5 Å². The van der Waals surface area contributed by atoms with Gasteiger partial charge >= 0.3 is 0 Å². The van der Waals surface area contributed by atoms with Crippen LogP contribution >= 0.6 is 0 Å². The molecule has 0 aliphatic carbocycles. The molecule has 3 aromatic rings. The minimum Gasteiger partial charge on any atom is -0.496 e. The number of piperidine rings is 1. The van der Waals surface area contributed by atoms with Crippen LogP contribution in [0, 0.1) is 0 Å². The number of nitrogens with zero attached hydrogens (tertiary/aromatic N) is 1. The highest BCUT2D eigenvalue weighted by Gasteiger charge is 2.24. The van der Waals surface area contributed by atoms with E-state index in [0.717, 1.165) is 45.3 Å². The summed E-state index contributed by atoms with van der Waals surface area (Å²) in [4.78, 5) is 16.3. The standard InChI is InChI=1S/C30H40N2O8/c1-32(20-9-11-31-12-10-20)13-7-8-14-39-30-27(33)26-22(35-3)17-21(34-2)18-23(26)40-28(30)19-15-24(36-4)29(38-6)25(16-19)37-5/h15-18,20,31H,7-14H2,1-6H3. The third-order valence-corrected chi connectivity index (χ3v) is 7.36. The fourth-order valence-electron chi connectivity index (χ4n) is 5.12. The monoisotopic (exact) mass is 556 g/mol. The molecule has 0 saturated carbocycles. The maximum absolute atomic E-state index is 13.9. The Balaban J connectivity index is 1.69. The molecule has 218 valence electrons. The summed E-state index contributed by atoms with van der Waals surface area (Å²) in [5.41, 5.74) is 0.508. The molecule has 0 spiro atoms. The maximum Gasteiger partial charge on any atom is 0.239 e. The molecule has 1 aliphatic heterocycles. The van der Waals surface area contributed by atoms with E-state index in [4.69, 9.17) is 32.8 Å². The van der Waals surface area contributed by atoms with Gasteiger partial charge in [-0.25, -0.2) is 0 Å². The highest BCUT2D eigenvalue weighted by molar-refractivity contribution is 5.89. The van der Waals surface area contributed by atoms with Gasteiger partial charge in [-0.05, 0) is 64.5 Å². The Kier molecular flexibility index (Phi) is 10.0. The lowest BCUT2D eigenvalue weighted by Crippen LogP contribution is -2.41. The van der Waals surface area contributed by atoms with Crippen LogP contribution in [0.1, 0.15) is 25.7 Å². The average molecular weight is 557 g/mol. The Hall–Kier alpha value is -3.63. The van der Waals surface area contributed by atoms with Gasteiger partial charge in [0.1, 0.15) is 22.5 Å². The predicted molar refractivity (Wildman–Crippen MR) is 154 cm³/mol. The minimum atomic E-state index is -0.337. The minimum absolute atomic E-state index is 0.0944. The lowest BCUT2D eigenvalue weighted by atomic mass is 10.1. The van der Waals surface area contributed by atoms with Crippen molar-refractivity contribution in [2.75, 3.05) is 68.8 Å². The van der Waals surface area contributed by atoms with E-state index in [1.54, 1.807) is 31.4 Å². The molecular formula is C30H40N2O8. The molecule has 2 aromatic carbocycles. The lowest BCUT2D eigenvalue weighted by molar-refractivity contribution is 0.190. The smallest absolute Gasteiger partial charge is 0.239 e. The second-order valence-electron chi connectivity index (χ2n) is 9.72. The first-order chi connectivity index (χ1) is 19.4. The van der Waals surface area contributed by atoms with E-state index in [1.165, 1.54) is 28.4 Å². The molecule has 1 aromatic heterocycles. The average Bonchev–Trinajstić information content (AvgIpc) is 3.00. The zero-order chi connectivity index (χ0) is 28.6. The quantitative estimate of drug-likeness (QED) is 0.306. The number of methoxy groups -OCH3 is 5. The van der Waals surface area contributed by atoms with E-state index < -0.39 is 0 Å². The molecule has 0 amide bonds. The van der Waals surface area contributed by atoms with Crippen LogP contribution in [-0.2, 0) is 0 Å². The summed E-state index contributed by atoms with van der Waals surface area (Å²) in [6.07, 6.45) is 4.05.